The van der Waals surface area contributed by atoms with Crippen molar-refractivity contribution in [3.63, 3.8) is 0 Å². The Morgan fingerprint density at radius 1 is 1.28 bits per heavy atom. The van der Waals surface area contributed by atoms with E-state index in [2.05, 4.69) is 15.8 Å². The van der Waals surface area contributed by atoms with Crippen LogP contribution in [0.4, 0.5) is 5.69 Å². The highest BCUT2D eigenvalue weighted by Crippen LogP contribution is 2.34. The van der Waals surface area contributed by atoms with Gasteiger partial charge in [-0.3, -0.25) is 9.59 Å². The number of nitrogens with one attached hydrogen (secondary N) is 2. The summed E-state index contributed by atoms with van der Waals surface area (Å²) in [5.41, 5.74) is 2.65. The van der Waals surface area contributed by atoms with E-state index >= 15 is 0 Å². The fraction of sp³-hybridized carbons (Fsp3) is 0.167. The molecule has 0 atom stereocenters. The fourth-order valence-corrected chi connectivity index (χ4v) is 2.27. The predicted octanol–water partition coefficient (Wildman–Crippen LogP) is 2.27. The van der Waals surface area contributed by atoms with E-state index in [1.54, 1.807) is 44.2 Å². The number of ether oxygens (including phenoxy) is 1. The first-order valence-electron chi connectivity index (χ1n) is 7.63. The Morgan fingerprint density at radius 3 is 2.80 bits per heavy atom. The number of carbonyl (C=O) groups excluding carboxylic acids is 2. The number of rotatable bonds is 3. The van der Waals surface area contributed by atoms with Gasteiger partial charge in [0, 0.05) is 11.1 Å². The minimum atomic E-state index is -0.960. The molecule has 3 N–H and O–H groups in total. The summed E-state index contributed by atoms with van der Waals surface area (Å²) in [6, 6.07) is 11.4. The molecule has 2 amide bonds. The van der Waals surface area contributed by atoms with Crippen molar-refractivity contribution >= 4 is 23.7 Å². The molecule has 1 aliphatic rings. The first-order chi connectivity index (χ1) is 11.9. The number of hydrogen-bond donors (Lipinski definition) is 3. The SMILES string of the molecule is CC1(C)Oc2ccc(C(=O)NN=Cc3ccccc3O)cc2NC1=O. The molecular weight excluding hydrogens is 322 g/mol. The van der Waals surface area contributed by atoms with Crippen LogP contribution < -0.4 is 15.5 Å². The summed E-state index contributed by atoms with van der Waals surface area (Å²) in [5, 5.41) is 16.2. The zero-order valence-electron chi connectivity index (χ0n) is 13.7. The molecule has 0 spiro atoms. The van der Waals surface area contributed by atoms with Gasteiger partial charge in [0.2, 0.25) is 0 Å². The van der Waals surface area contributed by atoms with Crippen LogP contribution in [-0.4, -0.2) is 28.7 Å². The van der Waals surface area contributed by atoms with Crippen molar-refractivity contribution in [2.75, 3.05) is 5.32 Å². The van der Waals surface area contributed by atoms with E-state index in [0.717, 1.165) is 0 Å². The van der Waals surface area contributed by atoms with E-state index in [-0.39, 0.29) is 11.7 Å². The van der Waals surface area contributed by atoms with Crippen LogP contribution in [0.25, 0.3) is 0 Å². The van der Waals surface area contributed by atoms with Crippen molar-refractivity contribution in [1.29, 1.82) is 0 Å². The number of nitrogens with zero attached hydrogens (tertiary/aromatic N) is 1. The van der Waals surface area contributed by atoms with Gasteiger partial charge in [-0.05, 0) is 44.2 Å². The maximum Gasteiger partial charge on any atom is 0.271 e. The van der Waals surface area contributed by atoms with Crippen LogP contribution in [0.2, 0.25) is 0 Å². The predicted molar refractivity (Wildman–Crippen MR) is 92.9 cm³/mol. The van der Waals surface area contributed by atoms with Crippen molar-refractivity contribution in [2.24, 2.45) is 5.10 Å². The summed E-state index contributed by atoms with van der Waals surface area (Å²) < 4.78 is 5.62. The highest BCUT2D eigenvalue weighted by molar-refractivity contribution is 6.02. The van der Waals surface area contributed by atoms with E-state index in [4.69, 9.17) is 4.74 Å². The molecule has 1 aliphatic heterocycles. The van der Waals surface area contributed by atoms with Crippen molar-refractivity contribution in [1.82, 2.24) is 5.43 Å². The normalized spacial score (nSPS) is 15.2. The lowest BCUT2D eigenvalue weighted by Gasteiger charge is -2.31. The zero-order valence-corrected chi connectivity index (χ0v) is 13.7. The molecule has 3 rings (SSSR count). The monoisotopic (exact) mass is 339 g/mol. The summed E-state index contributed by atoms with van der Waals surface area (Å²) >= 11 is 0. The molecule has 0 bridgehead atoms. The minimum absolute atomic E-state index is 0.0664. The van der Waals surface area contributed by atoms with Gasteiger partial charge < -0.3 is 15.2 Å². The average molecular weight is 339 g/mol. The molecule has 0 aliphatic carbocycles. The van der Waals surface area contributed by atoms with Crippen LogP contribution in [0, 0.1) is 0 Å². The Balaban J connectivity index is 1.73. The molecule has 25 heavy (non-hydrogen) atoms. The molecule has 0 saturated heterocycles. The largest absolute Gasteiger partial charge is 0.507 e. The fourth-order valence-electron chi connectivity index (χ4n) is 2.27. The number of amides is 2. The number of phenols is 1. The maximum absolute atomic E-state index is 12.2. The average Bonchev–Trinajstić information content (AvgIpc) is 2.57. The van der Waals surface area contributed by atoms with Gasteiger partial charge in [0.25, 0.3) is 11.8 Å². The second-order valence-electron chi connectivity index (χ2n) is 6.04. The Bertz CT molecular complexity index is 874. The number of phenolic OH excluding ortho intramolecular Hbond substituents is 1. The molecule has 0 aromatic heterocycles. The number of fused-ring (bicyclic) bond motifs is 1. The summed E-state index contributed by atoms with van der Waals surface area (Å²) in [5.74, 6) is -0.167. The number of benzene rings is 2. The lowest BCUT2D eigenvalue weighted by Crippen LogP contribution is -2.45. The quantitative estimate of drug-likeness (QED) is 0.590. The molecule has 2 aromatic carbocycles. The summed E-state index contributed by atoms with van der Waals surface area (Å²) in [4.78, 5) is 24.1. The second kappa shape index (κ2) is 6.27. The molecule has 0 unspecified atom stereocenters. The number of carbonyl (C=O) groups is 2. The summed E-state index contributed by atoms with van der Waals surface area (Å²) in [7, 11) is 0. The molecule has 0 radical (unpaired) electrons. The van der Waals surface area contributed by atoms with Crippen molar-refractivity contribution in [3.8, 4) is 11.5 Å². The number of para-hydroxylation sites is 1. The van der Waals surface area contributed by atoms with E-state index in [1.165, 1.54) is 18.3 Å². The van der Waals surface area contributed by atoms with E-state index in [1.807, 2.05) is 0 Å². The van der Waals surface area contributed by atoms with Crippen molar-refractivity contribution in [2.45, 2.75) is 19.4 Å². The van der Waals surface area contributed by atoms with Crippen LogP contribution in [0.1, 0.15) is 29.8 Å². The summed E-state index contributed by atoms with van der Waals surface area (Å²) in [6.07, 6.45) is 1.35. The minimum Gasteiger partial charge on any atom is -0.507 e. The molecule has 2 aromatic rings. The van der Waals surface area contributed by atoms with E-state index in [9.17, 15) is 14.7 Å². The molecular formula is C18H17N3O4. The van der Waals surface area contributed by atoms with Gasteiger partial charge in [-0.2, -0.15) is 5.10 Å². The Kier molecular flexibility index (Phi) is 4.14. The molecule has 128 valence electrons. The van der Waals surface area contributed by atoms with E-state index < -0.39 is 11.5 Å². The van der Waals surface area contributed by atoms with Crippen LogP contribution >= 0.6 is 0 Å². The van der Waals surface area contributed by atoms with Gasteiger partial charge in [-0.15, -0.1) is 0 Å². The Morgan fingerprint density at radius 2 is 2.04 bits per heavy atom. The lowest BCUT2D eigenvalue weighted by molar-refractivity contribution is -0.129. The topological polar surface area (TPSA) is 100 Å². The molecule has 0 saturated carbocycles. The van der Waals surface area contributed by atoms with Gasteiger partial charge in [-0.25, -0.2) is 5.43 Å². The van der Waals surface area contributed by atoms with Gasteiger partial charge in [-0.1, -0.05) is 12.1 Å². The van der Waals surface area contributed by atoms with Crippen molar-refractivity contribution in [3.05, 3.63) is 53.6 Å². The second-order valence-corrected chi connectivity index (χ2v) is 6.04. The van der Waals surface area contributed by atoms with Crippen LogP contribution in [-0.2, 0) is 4.79 Å². The molecule has 1 heterocycles. The Hall–Kier alpha value is -3.35. The third kappa shape index (κ3) is 3.45. The van der Waals surface area contributed by atoms with Gasteiger partial charge >= 0.3 is 0 Å². The lowest BCUT2D eigenvalue weighted by atomic mass is 10.0. The van der Waals surface area contributed by atoms with Gasteiger partial charge in [0.1, 0.15) is 11.5 Å². The van der Waals surface area contributed by atoms with Gasteiger partial charge in [0.15, 0.2) is 5.60 Å². The number of hydrogen-bond acceptors (Lipinski definition) is 5. The first-order valence-corrected chi connectivity index (χ1v) is 7.63. The van der Waals surface area contributed by atoms with Crippen LogP contribution in [0.5, 0.6) is 11.5 Å². The highest BCUT2D eigenvalue weighted by Gasteiger charge is 2.35. The third-order valence-electron chi connectivity index (χ3n) is 3.71. The first kappa shape index (κ1) is 16.5. The maximum atomic E-state index is 12.2. The highest BCUT2D eigenvalue weighted by atomic mass is 16.5. The van der Waals surface area contributed by atoms with Crippen molar-refractivity contribution < 1.29 is 19.4 Å². The summed E-state index contributed by atoms with van der Waals surface area (Å²) in [6.45, 7) is 3.33. The smallest absolute Gasteiger partial charge is 0.271 e. The molecule has 7 heteroatoms. The van der Waals surface area contributed by atoms with Gasteiger partial charge in [0.05, 0.1) is 11.9 Å². The molecule has 0 fully saturated rings. The standard InChI is InChI=1S/C18H17N3O4/c1-18(2)17(24)20-13-9-11(7-8-15(13)25-18)16(23)21-19-10-12-5-3-4-6-14(12)22/h3-10,22H,1-2H3,(H,20,24)(H,21,23). The number of hydrazone groups is 1. The van der Waals surface area contributed by atoms with E-state index in [0.29, 0.717) is 22.6 Å². The number of anilines is 1. The third-order valence-corrected chi connectivity index (χ3v) is 3.71. The zero-order chi connectivity index (χ0) is 18.0. The van der Waals surface area contributed by atoms with Crippen LogP contribution in [0.15, 0.2) is 47.6 Å². The number of aromatic hydroxyl groups is 1. The molecule has 7 nitrogen and oxygen atoms in total. The Labute approximate surface area is 144 Å². The van der Waals surface area contributed by atoms with Crippen LogP contribution in [0.3, 0.4) is 0 Å².